The number of cyclic esters (lactones) is 1. The summed E-state index contributed by atoms with van der Waals surface area (Å²) in [6.07, 6.45) is 1.01. The van der Waals surface area contributed by atoms with Crippen LogP contribution in [0, 0.1) is 0 Å². The molecule has 0 aliphatic carbocycles. The number of carbonyl (C=O) groups is 1. The van der Waals surface area contributed by atoms with Gasteiger partial charge in [0.05, 0.1) is 0 Å². The van der Waals surface area contributed by atoms with E-state index in [0.29, 0.717) is 5.90 Å². The van der Waals surface area contributed by atoms with E-state index in [2.05, 4.69) is 24.0 Å². The zero-order valence-electron chi connectivity index (χ0n) is 11.7. The number of aliphatic imine (C=N–C) groups is 1. The number of rotatable bonds is 4. The fraction of sp³-hybridized carbons (Fsp3) is 0.176. The molecule has 4 heteroatoms. The van der Waals surface area contributed by atoms with E-state index < -0.39 is 0 Å². The van der Waals surface area contributed by atoms with Gasteiger partial charge in [0.1, 0.15) is 18.0 Å². The molecule has 0 atom stereocenters. The average Bonchev–Trinajstić information content (AvgIpc) is 2.95. The van der Waals surface area contributed by atoms with Crippen molar-refractivity contribution in [3.8, 4) is 11.5 Å². The molecule has 0 bridgehead atoms. The highest BCUT2D eigenvalue weighted by molar-refractivity contribution is 6.04. The second-order valence-electron chi connectivity index (χ2n) is 4.72. The Labute approximate surface area is 123 Å². The van der Waals surface area contributed by atoms with Gasteiger partial charge in [0.25, 0.3) is 0 Å². The van der Waals surface area contributed by atoms with Gasteiger partial charge in [0, 0.05) is 5.56 Å². The lowest BCUT2D eigenvalue weighted by Crippen LogP contribution is -2.05. The number of nitrogens with zero attached hydrogens (tertiary/aromatic N) is 1. The number of benzene rings is 2. The minimum absolute atomic E-state index is 0.0946. The summed E-state index contributed by atoms with van der Waals surface area (Å²) < 4.78 is 10.8. The van der Waals surface area contributed by atoms with Crippen LogP contribution in [0.1, 0.15) is 18.1 Å². The molecule has 0 spiro atoms. The molecule has 21 heavy (non-hydrogen) atoms. The minimum Gasteiger partial charge on any atom is -0.457 e. The molecule has 0 saturated heterocycles. The normalized spacial score (nSPS) is 13.8. The lowest BCUT2D eigenvalue weighted by molar-refractivity contribution is -0.132. The van der Waals surface area contributed by atoms with E-state index in [1.54, 1.807) is 0 Å². The Morgan fingerprint density at radius 3 is 2.19 bits per heavy atom. The monoisotopic (exact) mass is 281 g/mol. The largest absolute Gasteiger partial charge is 0.457 e. The second kappa shape index (κ2) is 5.79. The van der Waals surface area contributed by atoms with Crippen molar-refractivity contribution in [1.29, 1.82) is 0 Å². The SMILES string of the molecule is CCc1ccc(Oc2ccc(C3=NCC(=O)O3)cc2)cc1. The van der Waals surface area contributed by atoms with Crippen LogP contribution in [0.3, 0.4) is 0 Å². The van der Waals surface area contributed by atoms with Gasteiger partial charge in [-0.3, -0.25) is 0 Å². The molecule has 0 aromatic heterocycles. The molecule has 2 aromatic rings. The number of aryl methyl sites for hydroxylation is 1. The van der Waals surface area contributed by atoms with E-state index in [0.717, 1.165) is 23.5 Å². The van der Waals surface area contributed by atoms with Gasteiger partial charge in [-0.25, -0.2) is 9.79 Å². The number of hydrogen-bond acceptors (Lipinski definition) is 4. The molecule has 0 N–H and O–H groups in total. The average molecular weight is 281 g/mol. The van der Waals surface area contributed by atoms with E-state index in [-0.39, 0.29) is 12.5 Å². The van der Waals surface area contributed by atoms with Crippen molar-refractivity contribution in [2.45, 2.75) is 13.3 Å². The third-order valence-electron chi connectivity index (χ3n) is 3.23. The lowest BCUT2D eigenvalue weighted by Gasteiger charge is -2.07. The van der Waals surface area contributed by atoms with Gasteiger partial charge >= 0.3 is 5.97 Å². The first kappa shape index (κ1) is 13.4. The molecule has 0 radical (unpaired) electrons. The molecule has 3 rings (SSSR count). The van der Waals surface area contributed by atoms with Gasteiger partial charge in [-0.05, 0) is 48.4 Å². The first-order valence-corrected chi connectivity index (χ1v) is 6.87. The Morgan fingerprint density at radius 2 is 1.67 bits per heavy atom. The van der Waals surface area contributed by atoms with Crippen molar-refractivity contribution >= 4 is 11.9 Å². The predicted octanol–water partition coefficient (Wildman–Crippen LogP) is 3.34. The smallest absolute Gasteiger partial charge is 0.334 e. The Balaban J connectivity index is 1.70. The van der Waals surface area contributed by atoms with Gasteiger partial charge in [0.2, 0.25) is 5.90 Å². The first-order chi connectivity index (χ1) is 10.2. The highest BCUT2D eigenvalue weighted by Gasteiger charge is 2.17. The Morgan fingerprint density at radius 1 is 1.05 bits per heavy atom. The molecule has 106 valence electrons. The fourth-order valence-electron chi connectivity index (χ4n) is 2.05. The summed E-state index contributed by atoms with van der Waals surface area (Å²) in [4.78, 5) is 15.0. The zero-order valence-corrected chi connectivity index (χ0v) is 11.7. The molecule has 0 saturated carbocycles. The number of esters is 1. The van der Waals surface area contributed by atoms with E-state index in [1.807, 2.05) is 36.4 Å². The fourth-order valence-corrected chi connectivity index (χ4v) is 2.05. The summed E-state index contributed by atoms with van der Waals surface area (Å²) in [5, 5.41) is 0. The van der Waals surface area contributed by atoms with Crippen LogP contribution >= 0.6 is 0 Å². The van der Waals surface area contributed by atoms with Gasteiger partial charge in [-0.15, -0.1) is 0 Å². The summed E-state index contributed by atoms with van der Waals surface area (Å²) in [6.45, 7) is 2.21. The predicted molar refractivity (Wildman–Crippen MR) is 79.8 cm³/mol. The van der Waals surface area contributed by atoms with Crippen LogP contribution in [-0.2, 0) is 16.0 Å². The Hall–Kier alpha value is -2.62. The summed E-state index contributed by atoms with van der Waals surface area (Å²) in [5.74, 6) is 1.58. The maximum Gasteiger partial charge on any atom is 0.334 e. The van der Waals surface area contributed by atoms with Crippen molar-refractivity contribution < 1.29 is 14.3 Å². The highest BCUT2D eigenvalue weighted by Crippen LogP contribution is 2.23. The van der Waals surface area contributed by atoms with Crippen molar-refractivity contribution in [2.24, 2.45) is 4.99 Å². The third kappa shape index (κ3) is 3.11. The van der Waals surface area contributed by atoms with Crippen molar-refractivity contribution in [1.82, 2.24) is 0 Å². The second-order valence-corrected chi connectivity index (χ2v) is 4.72. The van der Waals surface area contributed by atoms with Crippen LogP contribution < -0.4 is 4.74 Å². The molecule has 2 aromatic carbocycles. The summed E-state index contributed by atoms with van der Waals surface area (Å²) in [7, 11) is 0. The summed E-state index contributed by atoms with van der Waals surface area (Å²) >= 11 is 0. The number of hydrogen-bond donors (Lipinski definition) is 0. The van der Waals surface area contributed by atoms with E-state index in [1.165, 1.54) is 5.56 Å². The van der Waals surface area contributed by atoms with Crippen LogP contribution in [-0.4, -0.2) is 18.4 Å². The van der Waals surface area contributed by atoms with Crippen molar-refractivity contribution in [3.63, 3.8) is 0 Å². The summed E-state index contributed by atoms with van der Waals surface area (Å²) in [6, 6.07) is 15.3. The van der Waals surface area contributed by atoms with Gasteiger partial charge in [-0.2, -0.15) is 0 Å². The van der Waals surface area contributed by atoms with Crippen molar-refractivity contribution in [2.75, 3.05) is 6.54 Å². The van der Waals surface area contributed by atoms with Crippen LogP contribution in [0.25, 0.3) is 0 Å². The molecule has 0 amide bonds. The summed E-state index contributed by atoms with van der Waals surface area (Å²) in [5.41, 5.74) is 2.05. The van der Waals surface area contributed by atoms with Crippen LogP contribution in [0.15, 0.2) is 53.5 Å². The lowest BCUT2D eigenvalue weighted by atomic mass is 10.2. The van der Waals surface area contributed by atoms with Gasteiger partial charge in [-0.1, -0.05) is 19.1 Å². The molecule has 4 nitrogen and oxygen atoms in total. The highest BCUT2D eigenvalue weighted by atomic mass is 16.6. The van der Waals surface area contributed by atoms with Gasteiger partial charge < -0.3 is 9.47 Å². The van der Waals surface area contributed by atoms with E-state index in [4.69, 9.17) is 9.47 Å². The zero-order chi connectivity index (χ0) is 14.7. The molecule has 0 unspecified atom stereocenters. The Bertz CT molecular complexity index is 672. The topological polar surface area (TPSA) is 47.9 Å². The van der Waals surface area contributed by atoms with E-state index in [9.17, 15) is 4.79 Å². The molecular weight excluding hydrogens is 266 g/mol. The quantitative estimate of drug-likeness (QED) is 0.807. The molecule has 1 heterocycles. The minimum atomic E-state index is -0.318. The van der Waals surface area contributed by atoms with Crippen molar-refractivity contribution in [3.05, 3.63) is 59.7 Å². The number of ether oxygens (including phenoxy) is 2. The number of carbonyl (C=O) groups excluding carboxylic acids is 1. The van der Waals surface area contributed by atoms with E-state index >= 15 is 0 Å². The van der Waals surface area contributed by atoms with Gasteiger partial charge in [0.15, 0.2) is 0 Å². The molecule has 0 fully saturated rings. The standard InChI is InChI=1S/C17H15NO3/c1-2-12-3-7-14(8-4-12)20-15-9-5-13(6-10-15)17-18-11-16(19)21-17/h3-10H,2,11H2,1H3. The van der Waals surface area contributed by atoms with Crippen LogP contribution in [0.5, 0.6) is 11.5 Å². The molecular formula is C17H15NO3. The first-order valence-electron chi connectivity index (χ1n) is 6.87. The molecule has 1 aliphatic rings. The van der Waals surface area contributed by atoms with Crippen LogP contribution in [0.4, 0.5) is 0 Å². The maximum atomic E-state index is 11.0. The van der Waals surface area contributed by atoms with Crippen LogP contribution in [0.2, 0.25) is 0 Å². The maximum absolute atomic E-state index is 11.0. The Kier molecular flexibility index (Phi) is 3.69. The molecule has 1 aliphatic heterocycles. The third-order valence-corrected chi connectivity index (χ3v) is 3.23.